The molecule has 0 fully saturated rings. The Bertz CT molecular complexity index is 1330. The highest BCUT2D eigenvalue weighted by atomic mass is 16.5. The maximum absolute atomic E-state index is 11.9. The molecule has 0 aliphatic carbocycles. The molecule has 0 unspecified atom stereocenters. The number of aromatic nitrogens is 2. The van der Waals surface area contributed by atoms with Crippen LogP contribution in [0.2, 0.25) is 0 Å². The van der Waals surface area contributed by atoms with Crippen molar-refractivity contribution in [2.75, 3.05) is 5.32 Å². The molecule has 4 rings (SSSR count). The van der Waals surface area contributed by atoms with E-state index in [0.717, 1.165) is 11.3 Å². The van der Waals surface area contributed by atoms with Gasteiger partial charge in [0.05, 0.1) is 5.56 Å². The first-order valence-electron chi connectivity index (χ1n) is 9.94. The van der Waals surface area contributed by atoms with Gasteiger partial charge in [0.15, 0.2) is 0 Å². The Morgan fingerprint density at radius 2 is 1.64 bits per heavy atom. The first-order valence-corrected chi connectivity index (χ1v) is 9.94. The summed E-state index contributed by atoms with van der Waals surface area (Å²) in [6.07, 6.45) is 3.06. The van der Waals surface area contributed by atoms with Crippen LogP contribution in [0.4, 0.5) is 5.69 Å². The summed E-state index contributed by atoms with van der Waals surface area (Å²) in [6.45, 7) is 3.40. The maximum atomic E-state index is 11.9. The van der Waals surface area contributed by atoms with Crippen LogP contribution in [0.1, 0.15) is 0 Å². The standard InChI is InChI=1S/C26H18N4O3/c1-18(15-27)25(31)30-20-6-5-9-23(14-20)33-26-24(16-28-17-29-26)19-10-12-22(13-11-19)32-21-7-3-2-4-8-21/h2-14,16-17H,1H2,(H,30,31). The highest BCUT2D eigenvalue weighted by Gasteiger charge is 2.12. The van der Waals surface area contributed by atoms with Gasteiger partial charge in [0.25, 0.3) is 5.91 Å². The number of benzene rings is 3. The van der Waals surface area contributed by atoms with E-state index in [1.807, 2.05) is 54.6 Å². The van der Waals surface area contributed by atoms with Crippen LogP contribution in [0.5, 0.6) is 23.1 Å². The normalized spacial score (nSPS) is 10.0. The first kappa shape index (κ1) is 21.3. The third-order valence-corrected chi connectivity index (χ3v) is 4.54. The Balaban J connectivity index is 1.53. The molecular formula is C26H18N4O3. The molecule has 4 aromatic rings. The van der Waals surface area contributed by atoms with Gasteiger partial charge in [-0.3, -0.25) is 4.79 Å². The molecule has 0 aliphatic heterocycles. The lowest BCUT2D eigenvalue weighted by atomic mass is 10.1. The van der Waals surface area contributed by atoms with Crippen LogP contribution in [-0.2, 0) is 4.79 Å². The predicted octanol–water partition coefficient (Wildman–Crippen LogP) is 5.75. The van der Waals surface area contributed by atoms with Crippen LogP contribution >= 0.6 is 0 Å². The molecule has 1 heterocycles. The average Bonchev–Trinajstić information content (AvgIpc) is 2.85. The molecule has 0 aliphatic rings. The molecule has 0 radical (unpaired) electrons. The summed E-state index contributed by atoms with van der Waals surface area (Å²) in [5.74, 6) is 1.69. The number of carbonyl (C=O) groups is 1. The number of nitriles is 1. The van der Waals surface area contributed by atoms with Crippen LogP contribution in [0, 0.1) is 11.3 Å². The minimum atomic E-state index is -0.574. The van der Waals surface area contributed by atoms with E-state index in [-0.39, 0.29) is 5.57 Å². The van der Waals surface area contributed by atoms with E-state index in [9.17, 15) is 4.79 Å². The first-order chi connectivity index (χ1) is 16.1. The third kappa shape index (κ3) is 5.40. The van der Waals surface area contributed by atoms with Gasteiger partial charge in [0.2, 0.25) is 5.88 Å². The highest BCUT2D eigenvalue weighted by Crippen LogP contribution is 2.33. The van der Waals surface area contributed by atoms with Crippen molar-refractivity contribution >= 4 is 11.6 Å². The van der Waals surface area contributed by atoms with Crippen molar-refractivity contribution in [3.8, 4) is 40.3 Å². The summed E-state index contributed by atoms with van der Waals surface area (Å²) >= 11 is 0. The molecule has 7 nitrogen and oxygen atoms in total. The number of ether oxygens (including phenoxy) is 2. The lowest BCUT2D eigenvalue weighted by Crippen LogP contribution is -2.12. The van der Waals surface area contributed by atoms with Crippen LogP contribution < -0.4 is 14.8 Å². The molecule has 0 saturated carbocycles. The van der Waals surface area contributed by atoms with Gasteiger partial charge in [-0.15, -0.1) is 0 Å². The van der Waals surface area contributed by atoms with E-state index in [1.54, 1.807) is 36.5 Å². The van der Waals surface area contributed by atoms with E-state index >= 15 is 0 Å². The molecule has 3 aromatic carbocycles. The fourth-order valence-electron chi connectivity index (χ4n) is 2.93. The SMILES string of the molecule is C=C(C#N)C(=O)Nc1cccc(Oc2ncncc2-c2ccc(Oc3ccccc3)cc2)c1. The van der Waals surface area contributed by atoms with Crippen LogP contribution in [0.3, 0.4) is 0 Å². The lowest BCUT2D eigenvalue weighted by molar-refractivity contribution is -0.112. The summed E-state index contributed by atoms with van der Waals surface area (Å²) < 4.78 is 11.8. The van der Waals surface area contributed by atoms with Crippen LogP contribution in [0.25, 0.3) is 11.1 Å². The van der Waals surface area contributed by atoms with Crippen LogP contribution in [-0.4, -0.2) is 15.9 Å². The number of anilines is 1. The van der Waals surface area contributed by atoms with Crippen molar-refractivity contribution in [1.82, 2.24) is 9.97 Å². The average molecular weight is 434 g/mol. The Kier molecular flexibility index (Phi) is 6.38. The minimum absolute atomic E-state index is 0.181. The number of nitrogens with zero attached hydrogens (tertiary/aromatic N) is 3. The van der Waals surface area contributed by atoms with Crippen molar-refractivity contribution in [2.45, 2.75) is 0 Å². The molecule has 1 aromatic heterocycles. The topological polar surface area (TPSA) is 97.1 Å². The predicted molar refractivity (Wildman–Crippen MR) is 124 cm³/mol. The van der Waals surface area contributed by atoms with Crippen molar-refractivity contribution in [2.24, 2.45) is 0 Å². The minimum Gasteiger partial charge on any atom is -0.457 e. The van der Waals surface area contributed by atoms with Crippen molar-refractivity contribution in [3.05, 3.63) is 104 Å². The van der Waals surface area contributed by atoms with Gasteiger partial charge in [0, 0.05) is 18.0 Å². The van der Waals surface area contributed by atoms with Gasteiger partial charge >= 0.3 is 0 Å². The number of amides is 1. The summed E-state index contributed by atoms with van der Waals surface area (Å²) in [6, 6.07) is 25.5. The molecule has 1 amide bonds. The van der Waals surface area contributed by atoms with Gasteiger partial charge in [0.1, 0.15) is 35.2 Å². The zero-order chi connectivity index (χ0) is 23.0. The van der Waals surface area contributed by atoms with Crippen molar-refractivity contribution in [1.29, 1.82) is 5.26 Å². The number of rotatable bonds is 7. The quantitative estimate of drug-likeness (QED) is 0.294. The molecule has 7 heteroatoms. The van der Waals surface area contributed by atoms with Crippen molar-refractivity contribution < 1.29 is 14.3 Å². The van der Waals surface area contributed by atoms with Crippen LogP contribution in [0.15, 0.2) is 104 Å². The van der Waals surface area contributed by atoms with Gasteiger partial charge in [-0.05, 0) is 42.0 Å². The van der Waals surface area contributed by atoms with E-state index in [2.05, 4.69) is 21.9 Å². The number of carbonyl (C=O) groups excluding carboxylic acids is 1. The highest BCUT2D eigenvalue weighted by molar-refractivity contribution is 6.06. The molecule has 160 valence electrons. The van der Waals surface area contributed by atoms with Gasteiger partial charge in [-0.1, -0.05) is 43.0 Å². The zero-order valence-corrected chi connectivity index (χ0v) is 17.4. The monoisotopic (exact) mass is 434 g/mol. The van der Waals surface area contributed by atoms with E-state index < -0.39 is 5.91 Å². The Hall–Kier alpha value is -4.96. The van der Waals surface area contributed by atoms with Gasteiger partial charge < -0.3 is 14.8 Å². The third-order valence-electron chi connectivity index (χ3n) is 4.54. The van der Waals surface area contributed by atoms with Gasteiger partial charge in [-0.2, -0.15) is 5.26 Å². The molecule has 0 spiro atoms. The Morgan fingerprint density at radius 1 is 0.909 bits per heavy atom. The number of para-hydroxylation sites is 1. The second kappa shape index (κ2) is 9.90. The maximum Gasteiger partial charge on any atom is 0.265 e. The molecule has 0 bridgehead atoms. The summed E-state index contributed by atoms with van der Waals surface area (Å²) in [7, 11) is 0. The number of hydrogen-bond acceptors (Lipinski definition) is 6. The zero-order valence-electron chi connectivity index (χ0n) is 17.4. The van der Waals surface area contributed by atoms with Gasteiger partial charge in [-0.25, -0.2) is 9.97 Å². The Morgan fingerprint density at radius 3 is 2.39 bits per heavy atom. The largest absolute Gasteiger partial charge is 0.457 e. The summed E-state index contributed by atoms with van der Waals surface area (Å²) in [5.41, 5.74) is 1.82. The summed E-state index contributed by atoms with van der Waals surface area (Å²) in [4.78, 5) is 20.3. The van der Waals surface area contributed by atoms with E-state index in [0.29, 0.717) is 28.6 Å². The van der Waals surface area contributed by atoms with E-state index in [1.165, 1.54) is 6.33 Å². The smallest absolute Gasteiger partial charge is 0.265 e. The molecule has 0 atom stereocenters. The molecule has 0 saturated heterocycles. The second-order valence-electron chi connectivity index (χ2n) is 6.86. The number of hydrogen-bond donors (Lipinski definition) is 1. The second-order valence-corrected chi connectivity index (χ2v) is 6.86. The summed E-state index contributed by atoms with van der Waals surface area (Å²) in [5, 5.41) is 11.4. The Labute approximate surface area is 190 Å². The molecular weight excluding hydrogens is 416 g/mol. The molecule has 33 heavy (non-hydrogen) atoms. The fourth-order valence-corrected chi connectivity index (χ4v) is 2.93. The van der Waals surface area contributed by atoms with E-state index in [4.69, 9.17) is 14.7 Å². The van der Waals surface area contributed by atoms with Crippen molar-refractivity contribution in [3.63, 3.8) is 0 Å². The number of nitrogens with one attached hydrogen (secondary N) is 1. The fraction of sp³-hybridized carbons (Fsp3) is 0. The lowest BCUT2D eigenvalue weighted by Gasteiger charge is -2.12. The molecule has 1 N–H and O–H groups in total.